The number of rotatable bonds is 13. The Kier molecular flexibility index (Phi) is 11.8. The molecule has 0 aliphatic heterocycles. The van der Waals surface area contributed by atoms with Gasteiger partial charge in [0, 0.05) is 0 Å². The van der Waals surface area contributed by atoms with E-state index in [-0.39, 0.29) is 0 Å². The van der Waals surface area contributed by atoms with Gasteiger partial charge in [0.25, 0.3) is 0 Å². The van der Waals surface area contributed by atoms with E-state index in [0.29, 0.717) is 0 Å². The van der Waals surface area contributed by atoms with E-state index < -0.39 is 18.4 Å². The van der Waals surface area contributed by atoms with Gasteiger partial charge in [0.05, 0.1) is 0 Å². The van der Waals surface area contributed by atoms with Crippen molar-refractivity contribution in [1.82, 2.24) is 0 Å². The maximum absolute atomic E-state index is 2.38. The zero-order valence-corrected chi connectivity index (χ0v) is 18.3. The summed E-state index contributed by atoms with van der Waals surface area (Å²) in [5.41, 5.74) is 0. The first-order valence-corrected chi connectivity index (χ1v) is 17.3. The van der Waals surface area contributed by atoms with Crippen molar-refractivity contribution in [2.75, 3.05) is 27.7 Å². The first-order chi connectivity index (χ1) is 9.39. The molecule has 0 atom stereocenters. The van der Waals surface area contributed by atoms with Gasteiger partial charge in [-0.05, 0) is 0 Å². The molecule has 0 rings (SSSR count). The van der Waals surface area contributed by atoms with Crippen molar-refractivity contribution in [3.63, 3.8) is 0 Å². The van der Waals surface area contributed by atoms with Crippen molar-refractivity contribution in [2.24, 2.45) is 0 Å². The van der Waals surface area contributed by atoms with Crippen molar-refractivity contribution >= 4 is 18.4 Å². The van der Waals surface area contributed by atoms with Crippen molar-refractivity contribution in [3.05, 3.63) is 0 Å². The van der Waals surface area contributed by atoms with Gasteiger partial charge in [0.15, 0.2) is 0 Å². The number of quaternary nitrogens is 1. The molecule has 0 aromatic carbocycles. The van der Waals surface area contributed by atoms with E-state index in [1.54, 1.807) is 17.7 Å². The third kappa shape index (κ3) is 10.5. The molecule has 2 heteroatoms. The Morgan fingerprint density at radius 3 is 1.25 bits per heavy atom. The van der Waals surface area contributed by atoms with Crippen LogP contribution in [0.3, 0.4) is 0 Å². The summed E-state index contributed by atoms with van der Waals surface area (Å²) in [6, 6.07) is 0. The first kappa shape index (κ1) is 20.8. The Bertz CT molecular complexity index is 198. The summed E-state index contributed by atoms with van der Waals surface area (Å²) in [6.07, 6.45) is 10.3. The van der Waals surface area contributed by atoms with Gasteiger partial charge < -0.3 is 0 Å². The molecule has 0 bridgehead atoms. The summed E-state index contributed by atoms with van der Waals surface area (Å²) in [7, 11) is 7.05. The van der Waals surface area contributed by atoms with Crippen LogP contribution in [0, 0.1) is 0 Å². The summed E-state index contributed by atoms with van der Waals surface area (Å²) in [6.45, 7) is 8.51. The Morgan fingerprint density at radius 1 is 0.600 bits per heavy atom. The summed E-state index contributed by atoms with van der Waals surface area (Å²) in [5.74, 6) is 0. The van der Waals surface area contributed by atoms with E-state index in [9.17, 15) is 0 Å². The molecule has 0 aromatic rings. The topological polar surface area (TPSA) is 0 Å². The van der Waals surface area contributed by atoms with Gasteiger partial charge in [0.2, 0.25) is 0 Å². The average Bonchev–Trinajstić information content (AvgIpc) is 2.38. The van der Waals surface area contributed by atoms with Gasteiger partial charge in [-0.15, -0.1) is 0 Å². The molecule has 0 spiro atoms. The SMILES string of the molecule is CCC[CH2][Sn]([CH2]CCC)([CH2]CCC)[CH2]CC[N+](C)(C)C. The van der Waals surface area contributed by atoms with Crippen LogP contribution in [0.1, 0.15) is 65.7 Å². The predicted molar refractivity (Wildman–Crippen MR) is 97.2 cm³/mol. The Morgan fingerprint density at radius 2 is 0.950 bits per heavy atom. The minimum absolute atomic E-state index is 1.15. The zero-order chi connectivity index (χ0) is 15.5. The fourth-order valence-electron chi connectivity index (χ4n) is 3.33. The molecule has 0 saturated heterocycles. The monoisotopic (exact) mass is 392 g/mol. The number of hydrogen-bond donors (Lipinski definition) is 0. The standard InChI is InChI=1S/C6H15N.3C4H9.Sn/c1-5-6-7(2,3)4;3*1-3-4-2;/h1,5-6H2,2-4H3;3*1,3-4H2,2H3;/q+1;;;;. The number of unbranched alkanes of at least 4 members (excludes halogenated alkanes) is 3. The summed E-state index contributed by atoms with van der Waals surface area (Å²) < 4.78 is 7.87. The molecule has 0 aliphatic rings. The molecule has 0 fully saturated rings. The van der Waals surface area contributed by atoms with Gasteiger partial charge >= 0.3 is 134 Å². The fraction of sp³-hybridized carbons (Fsp3) is 1.00. The van der Waals surface area contributed by atoms with E-state index in [2.05, 4.69) is 41.9 Å². The number of nitrogens with zero attached hydrogens (tertiary/aromatic N) is 1. The molecule has 122 valence electrons. The third-order valence-corrected chi connectivity index (χ3v) is 20.9. The minimum atomic E-state index is -1.80. The summed E-state index contributed by atoms with van der Waals surface area (Å²) in [4.78, 5) is 0. The Balaban J connectivity index is 4.57. The van der Waals surface area contributed by atoms with Crippen LogP contribution in [0.25, 0.3) is 0 Å². The fourth-order valence-corrected chi connectivity index (χ4v) is 19.7. The third-order valence-electron chi connectivity index (χ3n) is 4.72. The second-order valence-corrected chi connectivity index (χ2v) is 22.2. The van der Waals surface area contributed by atoms with E-state index in [1.165, 1.54) is 51.5 Å². The van der Waals surface area contributed by atoms with E-state index in [0.717, 1.165) is 4.48 Å². The molecular weight excluding hydrogens is 349 g/mol. The molecule has 0 unspecified atom stereocenters. The second-order valence-electron chi connectivity index (χ2n) is 7.93. The quantitative estimate of drug-likeness (QED) is 0.270. The predicted octanol–water partition coefficient (Wildman–Crippen LogP) is 5.93. The van der Waals surface area contributed by atoms with Crippen LogP contribution in [0.15, 0.2) is 0 Å². The van der Waals surface area contributed by atoms with Crippen LogP contribution in [0.2, 0.25) is 17.7 Å². The van der Waals surface area contributed by atoms with E-state index in [4.69, 9.17) is 0 Å². The molecule has 0 heterocycles. The molecule has 0 amide bonds. The molecule has 0 aromatic heterocycles. The van der Waals surface area contributed by atoms with E-state index in [1.807, 2.05) is 0 Å². The molecule has 0 aliphatic carbocycles. The van der Waals surface area contributed by atoms with Gasteiger partial charge in [-0.1, -0.05) is 0 Å². The van der Waals surface area contributed by atoms with Crippen LogP contribution in [0.4, 0.5) is 0 Å². The first-order valence-electron chi connectivity index (χ1n) is 9.19. The Labute approximate surface area is 134 Å². The zero-order valence-electron chi connectivity index (χ0n) is 15.4. The van der Waals surface area contributed by atoms with Crippen molar-refractivity contribution in [1.29, 1.82) is 0 Å². The molecule has 1 nitrogen and oxygen atoms in total. The molecule has 0 saturated carbocycles. The normalized spacial score (nSPS) is 12.9. The maximum atomic E-state index is 2.38. The van der Waals surface area contributed by atoms with Gasteiger partial charge in [0.1, 0.15) is 0 Å². The van der Waals surface area contributed by atoms with E-state index >= 15 is 0 Å². The summed E-state index contributed by atoms with van der Waals surface area (Å²) >= 11 is -1.80. The van der Waals surface area contributed by atoms with Crippen molar-refractivity contribution in [3.8, 4) is 0 Å². The molecular formula is C18H42NSn+. The second kappa shape index (κ2) is 11.3. The molecule has 20 heavy (non-hydrogen) atoms. The van der Waals surface area contributed by atoms with Crippen LogP contribution in [0.5, 0.6) is 0 Å². The molecule has 0 N–H and O–H groups in total. The Hall–Kier alpha value is 0.759. The van der Waals surface area contributed by atoms with Crippen molar-refractivity contribution < 1.29 is 4.48 Å². The summed E-state index contributed by atoms with van der Waals surface area (Å²) in [5, 5.41) is 0. The molecule has 0 radical (unpaired) electrons. The van der Waals surface area contributed by atoms with Crippen LogP contribution in [-0.2, 0) is 0 Å². The van der Waals surface area contributed by atoms with Gasteiger partial charge in [-0.2, -0.15) is 0 Å². The van der Waals surface area contributed by atoms with Crippen LogP contribution < -0.4 is 0 Å². The van der Waals surface area contributed by atoms with Gasteiger partial charge in [-0.25, -0.2) is 0 Å². The van der Waals surface area contributed by atoms with Gasteiger partial charge in [-0.3, -0.25) is 0 Å². The van der Waals surface area contributed by atoms with Crippen LogP contribution >= 0.6 is 0 Å². The van der Waals surface area contributed by atoms with Crippen molar-refractivity contribution in [2.45, 2.75) is 83.5 Å². The number of hydrogen-bond acceptors (Lipinski definition) is 0. The van der Waals surface area contributed by atoms with Crippen LogP contribution in [-0.4, -0.2) is 50.5 Å². The average molecular weight is 391 g/mol.